The molecular formula is C8H16O2. The van der Waals surface area contributed by atoms with Crippen LogP contribution in [0, 0.1) is 5.92 Å². The molecule has 1 aliphatic rings. The molecule has 0 aromatic rings. The predicted octanol–water partition coefficient (Wildman–Crippen LogP) is 1.80. The van der Waals surface area contributed by atoms with E-state index in [1.165, 1.54) is 0 Å². The Bertz CT molecular complexity index is 87.3. The Kier molecular flexibility index (Phi) is 3.16. The second kappa shape index (κ2) is 3.94. The highest BCUT2D eigenvalue weighted by Crippen LogP contribution is 2.16. The van der Waals surface area contributed by atoms with Gasteiger partial charge in [0.15, 0.2) is 6.29 Å². The average Bonchev–Trinajstić information content (AvgIpc) is 2.05. The van der Waals surface area contributed by atoms with Crippen molar-refractivity contribution in [2.24, 2.45) is 5.92 Å². The van der Waals surface area contributed by atoms with E-state index < -0.39 is 0 Å². The molecule has 2 heteroatoms. The van der Waals surface area contributed by atoms with E-state index in [9.17, 15) is 0 Å². The van der Waals surface area contributed by atoms with Gasteiger partial charge < -0.3 is 9.47 Å². The first-order valence-electron chi connectivity index (χ1n) is 4.07. The minimum absolute atomic E-state index is 0.0683. The van der Waals surface area contributed by atoms with E-state index in [0.29, 0.717) is 5.92 Å². The molecule has 0 aromatic heterocycles. The maximum atomic E-state index is 5.41. The SMILES string of the molecule is CCC(C)C1OCCCO1. The van der Waals surface area contributed by atoms with Crippen molar-refractivity contribution in [2.75, 3.05) is 13.2 Å². The van der Waals surface area contributed by atoms with Crippen LogP contribution >= 0.6 is 0 Å². The zero-order valence-electron chi connectivity index (χ0n) is 6.80. The van der Waals surface area contributed by atoms with E-state index in [1.54, 1.807) is 0 Å². The first kappa shape index (κ1) is 8.02. The molecule has 1 heterocycles. The first-order chi connectivity index (χ1) is 4.84. The lowest BCUT2D eigenvalue weighted by atomic mass is 10.1. The van der Waals surface area contributed by atoms with Gasteiger partial charge in [0.25, 0.3) is 0 Å². The highest BCUT2D eigenvalue weighted by Gasteiger charge is 2.19. The molecule has 1 unspecified atom stereocenters. The molecule has 60 valence electrons. The summed E-state index contributed by atoms with van der Waals surface area (Å²) in [6, 6.07) is 0. The molecule has 10 heavy (non-hydrogen) atoms. The van der Waals surface area contributed by atoms with Crippen molar-refractivity contribution in [3.63, 3.8) is 0 Å². The molecule has 1 saturated heterocycles. The fraction of sp³-hybridized carbons (Fsp3) is 1.00. The molecule has 0 spiro atoms. The van der Waals surface area contributed by atoms with Crippen LogP contribution in [-0.2, 0) is 9.47 Å². The quantitative estimate of drug-likeness (QED) is 0.588. The van der Waals surface area contributed by atoms with Crippen molar-refractivity contribution >= 4 is 0 Å². The molecule has 0 aromatic carbocycles. The molecule has 0 bridgehead atoms. The maximum absolute atomic E-state index is 5.41. The third-order valence-electron chi connectivity index (χ3n) is 1.96. The number of hydrogen-bond donors (Lipinski definition) is 0. The van der Waals surface area contributed by atoms with Crippen LogP contribution < -0.4 is 0 Å². The standard InChI is InChI=1S/C8H16O2/c1-3-7(2)8-9-5-4-6-10-8/h7-8H,3-6H2,1-2H3. The number of ether oxygens (including phenoxy) is 2. The van der Waals surface area contributed by atoms with Crippen LogP contribution in [-0.4, -0.2) is 19.5 Å². The third-order valence-corrected chi connectivity index (χ3v) is 1.96. The minimum Gasteiger partial charge on any atom is -0.352 e. The van der Waals surface area contributed by atoms with Gasteiger partial charge in [0.05, 0.1) is 13.2 Å². The van der Waals surface area contributed by atoms with Gasteiger partial charge in [0.1, 0.15) is 0 Å². The Morgan fingerprint density at radius 3 is 2.50 bits per heavy atom. The van der Waals surface area contributed by atoms with Gasteiger partial charge in [-0.3, -0.25) is 0 Å². The largest absolute Gasteiger partial charge is 0.352 e. The van der Waals surface area contributed by atoms with E-state index in [0.717, 1.165) is 26.1 Å². The van der Waals surface area contributed by atoms with Gasteiger partial charge in [-0.2, -0.15) is 0 Å². The van der Waals surface area contributed by atoms with Gasteiger partial charge in [0.2, 0.25) is 0 Å². The van der Waals surface area contributed by atoms with Crippen LogP contribution in [0.15, 0.2) is 0 Å². The summed E-state index contributed by atoms with van der Waals surface area (Å²) in [6.07, 6.45) is 2.25. The van der Waals surface area contributed by atoms with E-state index in [4.69, 9.17) is 9.47 Å². The van der Waals surface area contributed by atoms with Gasteiger partial charge in [-0.05, 0) is 12.8 Å². The van der Waals surface area contributed by atoms with Gasteiger partial charge >= 0.3 is 0 Å². The Hall–Kier alpha value is -0.0800. The zero-order chi connectivity index (χ0) is 7.40. The van der Waals surface area contributed by atoms with Crippen LogP contribution in [0.1, 0.15) is 26.7 Å². The van der Waals surface area contributed by atoms with Crippen LogP contribution in [0.25, 0.3) is 0 Å². The maximum Gasteiger partial charge on any atom is 0.160 e. The first-order valence-corrected chi connectivity index (χ1v) is 4.07. The van der Waals surface area contributed by atoms with Gasteiger partial charge in [0, 0.05) is 5.92 Å². The second-order valence-electron chi connectivity index (χ2n) is 2.85. The Morgan fingerprint density at radius 2 is 2.00 bits per heavy atom. The Morgan fingerprint density at radius 1 is 1.40 bits per heavy atom. The van der Waals surface area contributed by atoms with E-state index >= 15 is 0 Å². The summed E-state index contributed by atoms with van der Waals surface area (Å²) in [5, 5.41) is 0. The smallest absolute Gasteiger partial charge is 0.160 e. The molecule has 0 amide bonds. The summed E-state index contributed by atoms with van der Waals surface area (Å²) in [5.74, 6) is 0.542. The molecule has 0 aliphatic carbocycles. The Labute approximate surface area is 62.5 Å². The predicted molar refractivity (Wildman–Crippen MR) is 39.8 cm³/mol. The fourth-order valence-corrected chi connectivity index (χ4v) is 1.03. The van der Waals surface area contributed by atoms with Crippen molar-refractivity contribution in [3.8, 4) is 0 Å². The van der Waals surface area contributed by atoms with Crippen molar-refractivity contribution in [1.82, 2.24) is 0 Å². The minimum atomic E-state index is 0.0683. The van der Waals surface area contributed by atoms with Crippen molar-refractivity contribution in [1.29, 1.82) is 0 Å². The van der Waals surface area contributed by atoms with E-state index in [-0.39, 0.29) is 6.29 Å². The number of hydrogen-bond acceptors (Lipinski definition) is 2. The molecule has 1 aliphatic heterocycles. The highest BCUT2D eigenvalue weighted by molar-refractivity contribution is 4.58. The van der Waals surface area contributed by atoms with Crippen molar-refractivity contribution in [3.05, 3.63) is 0 Å². The van der Waals surface area contributed by atoms with Gasteiger partial charge in [-0.1, -0.05) is 13.8 Å². The van der Waals surface area contributed by atoms with E-state index in [1.807, 2.05) is 0 Å². The third kappa shape index (κ3) is 1.96. The molecule has 1 fully saturated rings. The molecule has 0 saturated carbocycles. The monoisotopic (exact) mass is 144 g/mol. The molecule has 0 N–H and O–H groups in total. The summed E-state index contributed by atoms with van der Waals surface area (Å²) in [5.41, 5.74) is 0. The lowest BCUT2D eigenvalue weighted by Gasteiger charge is -2.27. The summed E-state index contributed by atoms with van der Waals surface area (Å²) < 4.78 is 10.8. The van der Waals surface area contributed by atoms with Crippen LogP contribution in [0.4, 0.5) is 0 Å². The summed E-state index contributed by atoms with van der Waals surface area (Å²) in [6.45, 7) is 6.06. The fourth-order valence-electron chi connectivity index (χ4n) is 1.03. The summed E-state index contributed by atoms with van der Waals surface area (Å²) in [7, 11) is 0. The zero-order valence-corrected chi connectivity index (χ0v) is 6.80. The summed E-state index contributed by atoms with van der Waals surface area (Å²) >= 11 is 0. The molecule has 1 atom stereocenters. The Balaban J connectivity index is 2.24. The van der Waals surface area contributed by atoms with Crippen LogP contribution in [0.2, 0.25) is 0 Å². The lowest BCUT2D eigenvalue weighted by molar-refractivity contribution is -0.202. The van der Waals surface area contributed by atoms with Crippen LogP contribution in [0.3, 0.4) is 0 Å². The van der Waals surface area contributed by atoms with Crippen LogP contribution in [0.5, 0.6) is 0 Å². The van der Waals surface area contributed by atoms with Gasteiger partial charge in [-0.15, -0.1) is 0 Å². The molecular weight excluding hydrogens is 128 g/mol. The van der Waals surface area contributed by atoms with Crippen molar-refractivity contribution in [2.45, 2.75) is 33.0 Å². The van der Waals surface area contributed by atoms with E-state index in [2.05, 4.69) is 13.8 Å². The second-order valence-corrected chi connectivity index (χ2v) is 2.85. The van der Waals surface area contributed by atoms with Crippen molar-refractivity contribution < 1.29 is 9.47 Å². The summed E-state index contributed by atoms with van der Waals surface area (Å²) in [4.78, 5) is 0. The molecule has 0 radical (unpaired) electrons. The topological polar surface area (TPSA) is 18.5 Å². The van der Waals surface area contributed by atoms with Gasteiger partial charge in [-0.25, -0.2) is 0 Å². The molecule has 1 rings (SSSR count). The normalized spacial score (nSPS) is 24.6. The number of rotatable bonds is 2. The average molecular weight is 144 g/mol. The lowest BCUT2D eigenvalue weighted by Crippen LogP contribution is -2.30. The molecule has 2 nitrogen and oxygen atoms in total. The highest BCUT2D eigenvalue weighted by atomic mass is 16.7.